The first-order valence-electron chi connectivity index (χ1n) is 8.61. The Balaban J connectivity index is 0.00000225. The van der Waals surface area contributed by atoms with Gasteiger partial charge >= 0.3 is 0 Å². The third-order valence-electron chi connectivity index (χ3n) is 4.49. The third-order valence-corrected chi connectivity index (χ3v) is 7.69. The number of H-pyrrole nitrogens is 1. The van der Waals surface area contributed by atoms with E-state index in [1.807, 2.05) is 6.20 Å². The minimum Gasteiger partial charge on any atom is -0.344 e. The van der Waals surface area contributed by atoms with Crippen LogP contribution in [0.3, 0.4) is 0 Å². The second kappa shape index (κ2) is 6.58. The van der Waals surface area contributed by atoms with Gasteiger partial charge in [-0.1, -0.05) is 12.1 Å². The summed E-state index contributed by atoms with van der Waals surface area (Å²) in [5, 5.41) is -0.448. The summed E-state index contributed by atoms with van der Waals surface area (Å²) in [6.45, 7) is 5.44. The van der Waals surface area contributed by atoms with E-state index < -0.39 is 15.1 Å². The molecular weight excluding hydrogens is 378 g/mol. The fourth-order valence-electron chi connectivity index (χ4n) is 2.89. The van der Waals surface area contributed by atoms with E-state index in [2.05, 4.69) is 29.0 Å². The Labute approximate surface area is 163 Å². The van der Waals surface area contributed by atoms with Gasteiger partial charge < -0.3 is 4.98 Å². The molecule has 3 aromatic heterocycles. The Morgan fingerprint density at radius 3 is 2.48 bits per heavy atom. The number of sulfone groups is 1. The highest BCUT2D eigenvalue weighted by molar-refractivity contribution is 7.92. The fraction of sp³-hybridized carbons (Fsp3) is 0.200. The molecule has 0 amide bonds. The molecule has 0 fully saturated rings. The lowest BCUT2D eigenvalue weighted by Gasteiger charge is -2.08. The summed E-state index contributed by atoms with van der Waals surface area (Å²) in [6, 6.07) is 11.0. The SMILES string of the molecule is Cc1ccc(-c2c[nH]c3ncc(-c4ccc(S(=O)(=O)C(C)C)cc4)nc23)s1.[HH]. The van der Waals surface area contributed by atoms with Crippen molar-refractivity contribution in [2.24, 2.45) is 0 Å². The zero-order valence-corrected chi connectivity index (χ0v) is 16.9. The molecule has 0 bridgehead atoms. The van der Waals surface area contributed by atoms with Crippen LogP contribution in [0.5, 0.6) is 0 Å². The average Bonchev–Trinajstić information content (AvgIpc) is 3.27. The number of aromatic nitrogens is 3. The van der Waals surface area contributed by atoms with Crippen LogP contribution in [-0.2, 0) is 9.84 Å². The standard InChI is InChI=1S/C20H19N3O2S2.H2/c1-12(2)27(24,25)15-7-5-14(6-8-15)17-11-22-20-19(23-17)16(10-21-20)18-9-4-13(3)26-18;/h4-12H,1-3H3,(H,21,22);1H. The second-order valence-electron chi connectivity index (χ2n) is 6.68. The number of benzene rings is 1. The largest absolute Gasteiger partial charge is 0.344 e. The molecule has 4 aromatic rings. The molecule has 5 nitrogen and oxygen atoms in total. The van der Waals surface area contributed by atoms with E-state index in [1.165, 1.54) is 4.88 Å². The predicted molar refractivity (Wildman–Crippen MR) is 112 cm³/mol. The Hall–Kier alpha value is -2.51. The zero-order valence-electron chi connectivity index (χ0n) is 15.2. The first-order chi connectivity index (χ1) is 12.9. The Kier molecular flexibility index (Phi) is 4.36. The van der Waals surface area contributed by atoms with Crippen LogP contribution < -0.4 is 0 Å². The predicted octanol–water partition coefficient (Wildman–Crippen LogP) is 5.09. The van der Waals surface area contributed by atoms with Crippen molar-refractivity contribution in [1.82, 2.24) is 15.0 Å². The molecule has 7 heteroatoms. The molecule has 1 N–H and O–H groups in total. The van der Waals surface area contributed by atoms with Crippen molar-refractivity contribution in [3.63, 3.8) is 0 Å². The molecule has 4 rings (SSSR count). The Morgan fingerprint density at radius 2 is 1.85 bits per heavy atom. The highest BCUT2D eigenvalue weighted by Gasteiger charge is 2.19. The molecule has 3 heterocycles. The van der Waals surface area contributed by atoms with Gasteiger partial charge in [0.15, 0.2) is 15.5 Å². The van der Waals surface area contributed by atoms with Crippen LogP contribution in [0.1, 0.15) is 20.2 Å². The molecule has 0 aliphatic heterocycles. The average molecular weight is 400 g/mol. The lowest BCUT2D eigenvalue weighted by atomic mass is 10.1. The van der Waals surface area contributed by atoms with Gasteiger partial charge in [0, 0.05) is 28.5 Å². The van der Waals surface area contributed by atoms with E-state index in [9.17, 15) is 8.42 Å². The number of aryl methyl sites for hydroxylation is 1. The second-order valence-corrected chi connectivity index (χ2v) is 10.5. The van der Waals surface area contributed by atoms with E-state index in [1.54, 1.807) is 55.6 Å². The van der Waals surface area contributed by atoms with Gasteiger partial charge in [-0.3, -0.25) is 0 Å². The lowest BCUT2D eigenvalue weighted by Crippen LogP contribution is -2.13. The number of aromatic amines is 1. The number of nitrogens with one attached hydrogen (secondary N) is 1. The van der Waals surface area contributed by atoms with Gasteiger partial charge in [-0.15, -0.1) is 11.3 Å². The topological polar surface area (TPSA) is 75.7 Å². The van der Waals surface area contributed by atoms with Crippen molar-refractivity contribution in [2.75, 3.05) is 0 Å². The number of hydrogen-bond acceptors (Lipinski definition) is 5. The zero-order chi connectivity index (χ0) is 19.2. The van der Waals surface area contributed by atoms with E-state index in [4.69, 9.17) is 4.98 Å². The van der Waals surface area contributed by atoms with E-state index in [0.29, 0.717) is 10.6 Å². The Morgan fingerprint density at radius 1 is 1.11 bits per heavy atom. The van der Waals surface area contributed by atoms with Crippen molar-refractivity contribution >= 4 is 32.3 Å². The summed E-state index contributed by atoms with van der Waals surface area (Å²) in [5.41, 5.74) is 4.12. The van der Waals surface area contributed by atoms with Crippen molar-refractivity contribution in [2.45, 2.75) is 30.9 Å². The first kappa shape index (κ1) is 17.9. The third kappa shape index (κ3) is 3.17. The number of rotatable bonds is 4. The van der Waals surface area contributed by atoms with Crippen molar-refractivity contribution in [1.29, 1.82) is 0 Å². The lowest BCUT2D eigenvalue weighted by molar-refractivity contribution is 0.587. The molecule has 1 aromatic carbocycles. The molecule has 27 heavy (non-hydrogen) atoms. The van der Waals surface area contributed by atoms with E-state index >= 15 is 0 Å². The van der Waals surface area contributed by atoms with Gasteiger partial charge in [-0.2, -0.15) is 0 Å². The summed E-state index contributed by atoms with van der Waals surface area (Å²) in [6.07, 6.45) is 3.63. The fourth-order valence-corrected chi connectivity index (χ4v) is 4.83. The van der Waals surface area contributed by atoms with Crippen LogP contribution >= 0.6 is 11.3 Å². The van der Waals surface area contributed by atoms with Crippen molar-refractivity contribution in [3.8, 4) is 21.7 Å². The van der Waals surface area contributed by atoms with Gasteiger partial charge in [0.05, 0.1) is 22.0 Å². The summed E-state index contributed by atoms with van der Waals surface area (Å²) in [4.78, 5) is 15.1. The van der Waals surface area contributed by atoms with Gasteiger partial charge in [0.25, 0.3) is 0 Å². The molecular formula is C20H21N3O2S2. The Bertz CT molecular complexity index is 1230. The van der Waals surface area contributed by atoms with E-state index in [-0.39, 0.29) is 1.43 Å². The number of nitrogens with zero attached hydrogens (tertiary/aromatic N) is 2. The molecule has 0 aliphatic carbocycles. The maximum atomic E-state index is 12.3. The summed E-state index contributed by atoms with van der Waals surface area (Å²) in [5.74, 6) is 0. The number of thiophene rings is 1. The van der Waals surface area contributed by atoms with Crippen LogP contribution in [0.4, 0.5) is 0 Å². The summed E-state index contributed by atoms with van der Waals surface area (Å²) >= 11 is 1.71. The van der Waals surface area contributed by atoms with Crippen LogP contribution in [0.2, 0.25) is 0 Å². The van der Waals surface area contributed by atoms with Crippen LogP contribution in [0, 0.1) is 6.92 Å². The monoisotopic (exact) mass is 399 g/mol. The molecule has 0 radical (unpaired) electrons. The summed E-state index contributed by atoms with van der Waals surface area (Å²) < 4.78 is 24.6. The molecule has 0 saturated carbocycles. The summed E-state index contributed by atoms with van der Waals surface area (Å²) in [7, 11) is -3.28. The maximum absolute atomic E-state index is 12.3. The molecule has 140 valence electrons. The molecule has 0 saturated heterocycles. The van der Waals surface area contributed by atoms with Crippen molar-refractivity contribution < 1.29 is 9.84 Å². The van der Waals surface area contributed by atoms with Gasteiger partial charge in [0.1, 0.15) is 5.52 Å². The van der Waals surface area contributed by atoms with Gasteiger partial charge in [0.2, 0.25) is 0 Å². The molecule has 0 unspecified atom stereocenters. The highest BCUT2D eigenvalue weighted by atomic mass is 32.2. The highest BCUT2D eigenvalue weighted by Crippen LogP contribution is 2.33. The van der Waals surface area contributed by atoms with Crippen LogP contribution in [0.15, 0.2) is 53.7 Å². The normalized spacial score (nSPS) is 12.1. The van der Waals surface area contributed by atoms with E-state index in [0.717, 1.165) is 27.2 Å². The number of fused-ring (bicyclic) bond motifs is 1. The minimum absolute atomic E-state index is 0. The quantitative estimate of drug-likeness (QED) is 0.518. The van der Waals surface area contributed by atoms with Crippen LogP contribution in [0.25, 0.3) is 32.9 Å². The van der Waals surface area contributed by atoms with Gasteiger partial charge in [-0.25, -0.2) is 18.4 Å². The molecule has 0 aliphatic rings. The number of hydrogen-bond donors (Lipinski definition) is 1. The van der Waals surface area contributed by atoms with Crippen molar-refractivity contribution in [3.05, 3.63) is 53.7 Å². The van der Waals surface area contributed by atoms with Gasteiger partial charge in [-0.05, 0) is 45.0 Å². The first-order valence-corrected chi connectivity index (χ1v) is 11.0. The maximum Gasteiger partial charge on any atom is 0.180 e. The molecule has 0 spiro atoms. The smallest absolute Gasteiger partial charge is 0.180 e. The van der Waals surface area contributed by atoms with Crippen LogP contribution in [-0.4, -0.2) is 28.6 Å². The minimum atomic E-state index is -3.28. The molecule has 0 atom stereocenters.